The lowest BCUT2D eigenvalue weighted by molar-refractivity contribution is -0.147. The third-order valence-electron chi connectivity index (χ3n) is 20.0. The Labute approximate surface area is 589 Å². The molecule has 10 atom stereocenters. The van der Waals surface area contributed by atoms with Crippen LogP contribution in [0.3, 0.4) is 0 Å². The van der Waals surface area contributed by atoms with Gasteiger partial charge in [-0.2, -0.15) is 0 Å². The average molecular weight is 1420 g/mol. The van der Waals surface area contributed by atoms with Crippen LogP contribution in [-0.4, -0.2) is 185 Å². The molecule has 0 unspecified atom stereocenters. The van der Waals surface area contributed by atoms with Crippen molar-refractivity contribution >= 4 is 104 Å². The predicted molar refractivity (Wildman–Crippen MR) is 385 cm³/mol. The molecule has 0 spiro atoms. The molecule has 0 saturated carbocycles. The zero-order chi connectivity index (χ0) is 68.4. The van der Waals surface area contributed by atoms with E-state index in [-0.39, 0.29) is 66.4 Å². The zero-order valence-electron chi connectivity index (χ0n) is 56.2. The highest BCUT2D eigenvalue weighted by atomic mass is 35.5. The molecular weight excluding hydrogens is 1320 g/mol. The minimum absolute atomic E-state index is 0.00250. The summed E-state index contributed by atoms with van der Waals surface area (Å²) in [6.07, 6.45) is 4.21. The summed E-state index contributed by atoms with van der Waals surface area (Å²) >= 11 is 27.8. The van der Waals surface area contributed by atoms with Gasteiger partial charge in [0.2, 0.25) is 5.91 Å². The van der Waals surface area contributed by atoms with Gasteiger partial charge in [-0.3, -0.25) is 24.2 Å². The first-order valence-electron chi connectivity index (χ1n) is 33.5. The Morgan fingerprint density at radius 1 is 0.558 bits per heavy atom. The number of carboxylic acid groups (broad SMARTS) is 1. The molecule has 0 bridgehead atoms. The molecule has 95 heavy (non-hydrogen) atoms. The van der Waals surface area contributed by atoms with Crippen molar-refractivity contribution in [1.82, 2.24) is 39.6 Å². The quantitative estimate of drug-likeness (QED) is 0.0829. The Kier molecular flexibility index (Phi) is 23.6. The van der Waals surface area contributed by atoms with Crippen molar-refractivity contribution in [2.75, 3.05) is 65.6 Å². The van der Waals surface area contributed by atoms with Gasteiger partial charge in [-0.25, -0.2) is 14.8 Å². The number of benzene rings is 4. The topological polar surface area (TPSA) is 188 Å². The molecule has 23 heteroatoms. The number of hydrogen-bond donors (Lipinski definition) is 4. The molecule has 12 rings (SSSR count). The fraction of sp³-hybridized carbons (Fsp3) is 0.528. The first-order chi connectivity index (χ1) is 45.3. The maximum Gasteiger partial charge on any atom is 0.326 e. The van der Waals surface area contributed by atoms with Gasteiger partial charge in [0.15, 0.2) is 10.3 Å². The van der Waals surface area contributed by atoms with E-state index in [0.717, 1.165) is 103 Å². The van der Waals surface area contributed by atoms with E-state index in [0.29, 0.717) is 74.9 Å². The first kappa shape index (κ1) is 72.6. The predicted octanol–water partition coefficient (Wildman–Crippen LogP) is 12.9. The van der Waals surface area contributed by atoms with Crippen LogP contribution in [0, 0.1) is 11.8 Å². The highest BCUT2D eigenvalue weighted by molar-refractivity contribution is 8.18. The van der Waals surface area contributed by atoms with Gasteiger partial charge in [0, 0.05) is 121 Å². The molecule has 4 aromatic carbocycles. The fourth-order valence-electron chi connectivity index (χ4n) is 15.0. The number of amidine groups is 2. The van der Waals surface area contributed by atoms with Crippen molar-refractivity contribution in [3.8, 4) is 0 Å². The molecular formula is C72H92Cl4N10O7S2. The van der Waals surface area contributed by atoms with E-state index in [2.05, 4.69) is 87.2 Å². The highest BCUT2D eigenvalue weighted by Gasteiger charge is 2.57. The Hall–Kier alpha value is -5.16. The molecule has 4 N–H and O–H groups in total. The normalized spacial score (nSPS) is 27.6. The lowest BCUT2D eigenvalue weighted by Crippen LogP contribution is -2.58. The van der Waals surface area contributed by atoms with Gasteiger partial charge >= 0.3 is 5.97 Å². The Balaban J connectivity index is 0.000000182. The molecule has 3 amide bonds. The van der Waals surface area contributed by atoms with Crippen LogP contribution in [0.25, 0.3) is 0 Å². The number of allylic oxidation sites excluding steroid dienone is 2. The summed E-state index contributed by atoms with van der Waals surface area (Å²) in [4.78, 5) is 81.0. The summed E-state index contributed by atoms with van der Waals surface area (Å²) in [6, 6.07) is 30.1. The van der Waals surface area contributed by atoms with E-state index in [1.165, 1.54) is 23.5 Å². The summed E-state index contributed by atoms with van der Waals surface area (Å²) < 4.78 is 0. The van der Waals surface area contributed by atoms with Crippen LogP contribution in [0.2, 0.25) is 20.1 Å². The number of aliphatic hydroxyl groups excluding tert-OH is 2. The van der Waals surface area contributed by atoms with Gasteiger partial charge in [0.25, 0.3) is 11.8 Å². The monoisotopic (exact) mass is 1410 g/mol. The first-order valence-corrected chi connectivity index (χ1v) is 36.7. The SMILES string of the molecule is CC(C)C1=C(C(=O)N2[C@H](C)CC[C@H]2C(=O)N2CCN(CCCO)[C@@H](C)C2)SC2=N[C@@](C)(c3ccc(Cl)cc3)[C@@H](c3ccc(Cl)cc3)N21.CC(C)C1=C(C(=O)N2[C@H](C)CC[C@H]2C(=O)O)SC2=N[C@@](C)(c3ccc(Cl)cc3)[C@@H](c3ccc(Cl)cc3)N21.C[C@H]1CNCCN1CCCO. The van der Waals surface area contributed by atoms with Crippen molar-refractivity contribution in [3.05, 3.63) is 161 Å². The molecule has 8 aliphatic rings. The van der Waals surface area contributed by atoms with Crippen LogP contribution in [0.5, 0.6) is 0 Å². The summed E-state index contributed by atoms with van der Waals surface area (Å²) in [5.74, 6) is -1.21. The van der Waals surface area contributed by atoms with Crippen molar-refractivity contribution in [2.24, 2.45) is 21.8 Å². The number of halogens is 4. The molecule has 0 radical (unpaired) electrons. The fourth-order valence-corrected chi connectivity index (χ4v) is 18.2. The van der Waals surface area contributed by atoms with Crippen molar-refractivity contribution in [1.29, 1.82) is 0 Å². The largest absolute Gasteiger partial charge is 0.480 e. The van der Waals surface area contributed by atoms with E-state index in [1.807, 2.05) is 114 Å². The molecule has 8 heterocycles. The number of likely N-dealkylation sites (tertiary alicyclic amines) is 2. The minimum atomic E-state index is -0.959. The number of aliphatic carboxylic acids is 1. The smallest absolute Gasteiger partial charge is 0.326 e. The zero-order valence-corrected chi connectivity index (χ0v) is 60.8. The Morgan fingerprint density at radius 2 is 0.958 bits per heavy atom. The van der Waals surface area contributed by atoms with Gasteiger partial charge in [-0.1, -0.05) is 123 Å². The van der Waals surface area contributed by atoms with Gasteiger partial charge in [0.1, 0.15) is 33.0 Å². The van der Waals surface area contributed by atoms with Crippen LogP contribution in [0.1, 0.15) is 142 Å². The number of fused-ring (bicyclic) bond motifs is 2. The molecule has 4 aromatic rings. The minimum Gasteiger partial charge on any atom is -0.480 e. The van der Waals surface area contributed by atoms with Crippen molar-refractivity contribution in [3.63, 3.8) is 0 Å². The van der Waals surface area contributed by atoms with Crippen LogP contribution in [0.15, 0.2) is 128 Å². The van der Waals surface area contributed by atoms with Crippen molar-refractivity contribution < 1.29 is 34.5 Å². The second-order valence-electron chi connectivity index (χ2n) is 27.2. The number of amides is 3. The lowest BCUT2D eigenvalue weighted by atomic mass is 9.81. The number of piperazine rings is 2. The van der Waals surface area contributed by atoms with E-state index in [9.17, 15) is 29.4 Å². The van der Waals surface area contributed by atoms with E-state index in [4.69, 9.17) is 61.5 Å². The van der Waals surface area contributed by atoms with Gasteiger partial charge in [-0.15, -0.1) is 0 Å². The molecule has 4 saturated heterocycles. The third kappa shape index (κ3) is 15.1. The number of thioether (sulfide) groups is 2. The number of carboxylic acids is 1. The van der Waals surface area contributed by atoms with E-state index < -0.39 is 29.1 Å². The van der Waals surface area contributed by atoms with E-state index in [1.54, 1.807) is 4.90 Å². The highest BCUT2D eigenvalue weighted by Crippen LogP contribution is 2.59. The average Bonchev–Trinajstić information content (AvgIpc) is 1.56. The molecule has 8 aliphatic heterocycles. The molecule has 4 fully saturated rings. The molecule has 17 nitrogen and oxygen atoms in total. The van der Waals surface area contributed by atoms with Crippen LogP contribution in [0.4, 0.5) is 0 Å². The number of rotatable bonds is 16. The summed E-state index contributed by atoms with van der Waals surface area (Å²) in [5.41, 5.74) is 4.62. The summed E-state index contributed by atoms with van der Waals surface area (Å²) in [6.45, 7) is 28.6. The third-order valence-corrected chi connectivity index (χ3v) is 23.2. The number of hydrogen-bond acceptors (Lipinski definition) is 15. The molecule has 0 aromatic heterocycles. The van der Waals surface area contributed by atoms with Crippen LogP contribution < -0.4 is 5.32 Å². The van der Waals surface area contributed by atoms with Gasteiger partial charge in [-0.05, 0) is 186 Å². The number of carbonyl (C=O) groups is 4. The maximum absolute atomic E-state index is 14.7. The number of aliphatic imine (C=N–C) groups is 2. The number of nitrogens with one attached hydrogen (secondary N) is 1. The summed E-state index contributed by atoms with van der Waals surface area (Å²) in [5, 5.41) is 35.2. The molecule has 512 valence electrons. The number of aliphatic hydroxyl groups is 2. The number of carbonyl (C=O) groups excluding carboxylic acids is 3. The summed E-state index contributed by atoms with van der Waals surface area (Å²) in [7, 11) is 0. The van der Waals surface area contributed by atoms with Gasteiger partial charge < -0.3 is 45.1 Å². The maximum atomic E-state index is 14.7. The van der Waals surface area contributed by atoms with Gasteiger partial charge in [0.05, 0.1) is 12.1 Å². The standard InChI is InChI=1S/C36H45Cl2N5O3S.C28H29Cl2N3O3S.C8H18N2O/c1-22(2)30-31(34(46)42-23(3)7-16-29(42)33(45)41-19-18-40(17-6-20-44)24(4)21-41)47-35-39-36(5,26-10-14-28(38)15-11-26)32(43(30)35)25-8-12-27(37)13-9-25;1-15(2)22-23(25(34)32-16(3)5-14-21(32)26(35)36)37-27-31-28(4,18-8-12-20(30)13-9-18)24(33(22)27)17-6-10-19(29)11-7-17;1-8-7-9-3-5-10(8)4-2-6-11/h8-15,22-24,29,32,44H,6-7,16-21H2,1-5H3;6-13,15-16,21,24H,5,14H2,1-4H3,(H,35,36);8-9,11H,2-7H2,1H3/t23-,24+,29+,32-,36+;16-,21+,24-,28+;8-/m110/s1. The lowest BCUT2D eigenvalue weighted by Gasteiger charge is -2.42. The second kappa shape index (κ2) is 30.9. The second-order valence-corrected chi connectivity index (χ2v) is 30.9. The molecule has 0 aliphatic carbocycles. The van der Waals surface area contributed by atoms with E-state index >= 15 is 0 Å². The Bertz CT molecular complexity index is 3560. The van der Waals surface area contributed by atoms with Crippen LogP contribution in [-0.2, 0) is 30.3 Å². The number of nitrogens with zero attached hydrogens (tertiary/aromatic N) is 9. The Morgan fingerprint density at radius 3 is 1.35 bits per heavy atom. The van der Waals surface area contributed by atoms with Crippen molar-refractivity contribution in [2.45, 2.75) is 167 Å². The van der Waals surface area contributed by atoms with Crippen LogP contribution >= 0.6 is 69.9 Å².